The summed E-state index contributed by atoms with van der Waals surface area (Å²) >= 11 is 5.86. The fourth-order valence-electron chi connectivity index (χ4n) is 0.941. The second-order valence-electron chi connectivity index (χ2n) is 2.76. The molecule has 0 aromatic heterocycles. The van der Waals surface area contributed by atoms with Gasteiger partial charge in [0.25, 0.3) is 0 Å². The molecule has 1 aromatic carbocycles. The predicted molar refractivity (Wildman–Crippen MR) is 52.2 cm³/mol. The van der Waals surface area contributed by atoms with Gasteiger partial charge in [0, 0.05) is 6.42 Å². The highest BCUT2D eigenvalue weighted by molar-refractivity contribution is 6.32. The minimum absolute atomic E-state index is 0.127. The number of hydrogen-bond acceptors (Lipinski definition) is 2. The molecule has 0 saturated heterocycles. The Balaban J connectivity index is 2.63. The second kappa shape index (κ2) is 4.87. The summed E-state index contributed by atoms with van der Waals surface area (Å²) < 4.78 is 5.42. The molecule has 1 atom stereocenters. The Morgan fingerprint density at radius 1 is 1.54 bits per heavy atom. The van der Waals surface area contributed by atoms with E-state index >= 15 is 0 Å². The van der Waals surface area contributed by atoms with Crippen molar-refractivity contribution in [2.75, 3.05) is 0 Å². The highest BCUT2D eigenvalue weighted by Gasteiger charge is 2.05. The number of benzene rings is 1. The topological polar surface area (TPSA) is 26.3 Å². The van der Waals surface area contributed by atoms with Crippen LogP contribution in [0.1, 0.15) is 13.3 Å². The Hall–Kier alpha value is -1.02. The summed E-state index contributed by atoms with van der Waals surface area (Å²) in [7, 11) is 0. The van der Waals surface area contributed by atoms with Crippen LogP contribution in [0.5, 0.6) is 5.75 Å². The van der Waals surface area contributed by atoms with E-state index in [1.807, 2.05) is 19.1 Å². The van der Waals surface area contributed by atoms with Gasteiger partial charge < -0.3 is 9.53 Å². The third-order valence-corrected chi connectivity index (χ3v) is 1.91. The number of halogens is 1. The zero-order chi connectivity index (χ0) is 9.68. The Labute approximate surface area is 82.5 Å². The molecule has 0 spiro atoms. The molecule has 0 radical (unpaired) electrons. The van der Waals surface area contributed by atoms with E-state index in [9.17, 15) is 4.79 Å². The number of para-hydroxylation sites is 1. The molecule has 0 aliphatic rings. The quantitative estimate of drug-likeness (QED) is 0.696. The van der Waals surface area contributed by atoms with Crippen LogP contribution < -0.4 is 4.74 Å². The van der Waals surface area contributed by atoms with Crippen LogP contribution in [0.25, 0.3) is 0 Å². The van der Waals surface area contributed by atoms with Gasteiger partial charge in [-0.25, -0.2) is 0 Å². The van der Waals surface area contributed by atoms with E-state index in [4.69, 9.17) is 16.3 Å². The highest BCUT2D eigenvalue weighted by Crippen LogP contribution is 2.24. The lowest BCUT2D eigenvalue weighted by Crippen LogP contribution is -2.12. The fourth-order valence-corrected chi connectivity index (χ4v) is 1.12. The lowest BCUT2D eigenvalue weighted by atomic mass is 10.3. The molecule has 1 rings (SSSR count). The van der Waals surface area contributed by atoms with Gasteiger partial charge in [0.15, 0.2) is 0 Å². The van der Waals surface area contributed by atoms with Gasteiger partial charge in [0.05, 0.1) is 5.02 Å². The number of aldehydes is 1. The van der Waals surface area contributed by atoms with Gasteiger partial charge in [-0.15, -0.1) is 0 Å². The first-order valence-electron chi connectivity index (χ1n) is 4.09. The van der Waals surface area contributed by atoms with Crippen molar-refractivity contribution in [3.05, 3.63) is 29.3 Å². The lowest BCUT2D eigenvalue weighted by Gasteiger charge is -2.12. The van der Waals surface area contributed by atoms with Crippen LogP contribution in [0, 0.1) is 0 Å². The Morgan fingerprint density at radius 2 is 2.23 bits per heavy atom. The largest absolute Gasteiger partial charge is 0.489 e. The third-order valence-electron chi connectivity index (χ3n) is 1.59. The molecule has 0 heterocycles. The summed E-state index contributed by atoms with van der Waals surface area (Å²) in [6.07, 6.45) is 1.09. The molecule has 0 fully saturated rings. The van der Waals surface area contributed by atoms with Crippen LogP contribution in [-0.2, 0) is 4.79 Å². The number of hydrogen-bond donors (Lipinski definition) is 0. The van der Waals surface area contributed by atoms with Crippen LogP contribution >= 0.6 is 11.6 Å². The predicted octanol–water partition coefficient (Wildman–Crippen LogP) is 2.70. The molecule has 70 valence electrons. The molecule has 1 aromatic rings. The summed E-state index contributed by atoms with van der Waals surface area (Å²) in [5, 5.41) is 0.570. The smallest absolute Gasteiger partial charge is 0.138 e. The summed E-state index contributed by atoms with van der Waals surface area (Å²) in [5.41, 5.74) is 0. The van der Waals surface area contributed by atoms with Gasteiger partial charge >= 0.3 is 0 Å². The van der Waals surface area contributed by atoms with Crippen LogP contribution in [-0.4, -0.2) is 12.4 Å². The van der Waals surface area contributed by atoms with Crippen LogP contribution in [0.4, 0.5) is 0 Å². The van der Waals surface area contributed by atoms with E-state index in [-0.39, 0.29) is 6.10 Å². The summed E-state index contributed by atoms with van der Waals surface area (Å²) in [6, 6.07) is 7.21. The van der Waals surface area contributed by atoms with Crippen molar-refractivity contribution < 1.29 is 9.53 Å². The normalized spacial score (nSPS) is 12.2. The van der Waals surface area contributed by atoms with E-state index < -0.39 is 0 Å². The molecule has 2 nitrogen and oxygen atoms in total. The van der Waals surface area contributed by atoms with E-state index in [1.165, 1.54) is 0 Å². The molecule has 0 bridgehead atoms. The van der Waals surface area contributed by atoms with Gasteiger partial charge in [-0.05, 0) is 19.1 Å². The van der Waals surface area contributed by atoms with Crippen molar-refractivity contribution in [1.82, 2.24) is 0 Å². The summed E-state index contributed by atoms with van der Waals surface area (Å²) in [5.74, 6) is 0.624. The first-order chi connectivity index (χ1) is 6.24. The SMILES string of the molecule is CC(CC=O)Oc1ccccc1Cl. The van der Waals surface area contributed by atoms with Crippen LogP contribution in [0.3, 0.4) is 0 Å². The van der Waals surface area contributed by atoms with Crippen LogP contribution in [0.15, 0.2) is 24.3 Å². The number of ether oxygens (including phenoxy) is 1. The summed E-state index contributed by atoms with van der Waals surface area (Å²) in [4.78, 5) is 10.2. The minimum atomic E-state index is -0.127. The minimum Gasteiger partial charge on any atom is -0.489 e. The Kier molecular flexibility index (Phi) is 3.77. The van der Waals surface area contributed by atoms with Crippen molar-refractivity contribution in [2.45, 2.75) is 19.4 Å². The van der Waals surface area contributed by atoms with Gasteiger partial charge in [0.1, 0.15) is 18.1 Å². The number of carbonyl (C=O) groups excluding carboxylic acids is 1. The molecule has 0 N–H and O–H groups in total. The third kappa shape index (κ3) is 3.07. The molecular weight excluding hydrogens is 188 g/mol. The standard InChI is InChI=1S/C10H11ClO2/c1-8(6-7-12)13-10-5-3-2-4-9(10)11/h2-5,7-8H,6H2,1H3. The van der Waals surface area contributed by atoms with Crippen molar-refractivity contribution in [3.8, 4) is 5.75 Å². The fraction of sp³-hybridized carbons (Fsp3) is 0.300. The first kappa shape index (κ1) is 10.1. The Bertz CT molecular complexity index is 286. The van der Waals surface area contributed by atoms with Crippen molar-refractivity contribution in [1.29, 1.82) is 0 Å². The van der Waals surface area contributed by atoms with E-state index in [0.717, 1.165) is 6.29 Å². The maximum absolute atomic E-state index is 10.2. The zero-order valence-corrected chi connectivity index (χ0v) is 8.12. The average molecular weight is 199 g/mol. The molecule has 3 heteroatoms. The molecule has 13 heavy (non-hydrogen) atoms. The number of carbonyl (C=O) groups is 1. The maximum atomic E-state index is 10.2. The molecule has 0 saturated carbocycles. The number of rotatable bonds is 4. The van der Waals surface area contributed by atoms with Crippen molar-refractivity contribution in [3.63, 3.8) is 0 Å². The molecule has 0 aliphatic carbocycles. The monoisotopic (exact) mass is 198 g/mol. The maximum Gasteiger partial charge on any atom is 0.138 e. The molecular formula is C10H11ClO2. The van der Waals surface area contributed by atoms with Gasteiger partial charge in [-0.1, -0.05) is 23.7 Å². The van der Waals surface area contributed by atoms with E-state index in [0.29, 0.717) is 17.2 Å². The van der Waals surface area contributed by atoms with Gasteiger partial charge in [-0.3, -0.25) is 0 Å². The lowest BCUT2D eigenvalue weighted by molar-refractivity contribution is -0.109. The molecule has 0 aliphatic heterocycles. The van der Waals surface area contributed by atoms with Crippen LogP contribution in [0.2, 0.25) is 5.02 Å². The van der Waals surface area contributed by atoms with E-state index in [1.54, 1.807) is 12.1 Å². The van der Waals surface area contributed by atoms with Gasteiger partial charge in [-0.2, -0.15) is 0 Å². The second-order valence-corrected chi connectivity index (χ2v) is 3.17. The Morgan fingerprint density at radius 3 is 2.85 bits per heavy atom. The first-order valence-corrected chi connectivity index (χ1v) is 4.46. The average Bonchev–Trinajstić information content (AvgIpc) is 2.09. The zero-order valence-electron chi connectivity index (χ0n) is 7.37. The summed E-state index contributed by atoms with van der Waals surface area (Å²) in [6.45, 7) is 1.83. The highest BCUT2D eigenvalue weighted by atomic mass is 35.5. The van der Waals surface area contributed by atoms with E-state index in [2.05, 4.69) is 0 Å². The van der Waals surface area contributed by atoms with Crippen molar-refractivity contribution in [2.24, 2.45) is 0 Å². The molecule has 1 unspecified atom stereocenters. The van der Waals surface area contributed by atoms with Gasteiger partial charge in [0.2, 0.25) is 0 Å². The van der Waals surface area contributed by atoms with Crippen molar-refractivity contribution >= 4 is 17.9 Å². The molecule has 0 amide bonds.